The monoisotopic (exact) mass is 679 g/mol. The SMILES string of the molecule is CCCNC(=O)C(Cc1ccccc1)N(Cc1ccc(Cl)c(Cl)c1)C(=O)CN(c1cc(C)ccc1C)S(=O)(=O)c1ccc(C)cc1. The fourth-order valence-corrected chi connectivity index (χ4v) is 6.88. The molecule has 0 saturated heterocycles. The molecule has 0 aliphatic carbocycles. The second-order valence-corrected chi connectivity index (χ2v) is 14.1. The van der Waals surface area contributed by atoms with Gasteiger partial charge < -0.3 is 10.2 Å². The molecule has 0 aliphatic heterocycles. The van der Waals surface area contributed by atoms with E-state index < -0.39 is 28.5 Å². The number of aryl methyl sites for hydroxylation is 3. The molecular weight excluding hydrogens is 641 g/mol. The minimum Gasteiger partial charge on any atom is -0.354 e. The summed E-state index contributed by atoms with van der Waals surface area (Å²) in [6.07, 6.45) is 0.928. The van der Waals surface area contributed by atoms with E-state index >= 15 is 0 Å². The van der Waals surface area contributed by atoms with Crippen molar-refractivity contribution in [2.75, 3.05) is 17.4 Å². The molecule has 0 aromatic heterocycles. The van der Waals surface area contributed by atoms with Gasteiger partial charge in [-0.3, -0.25) is 13.9 Å². The fourth-order valence-electron chi connectivity index (χ4n) is 5.09. The zero-order valence-electron chi connectivity index (χ0n) is 26.5. The molecule has 0 saturated carbocycles. The lowest BCUT2D eigenvalue weighted by Gasteiger charge is -2.34. The first-order chi connectivity index (χ1) is 21.9. The van der Waals surface area contributed by atoms with Gasteiger partial charge in [-0.1, -0.05) is 96.4 Å². The lowest BCUT2D eigenvalue weighted by atomic mass is 10.0. The maximum atomic E-state index is 14.6. The van der Waals surface area contributed by atoms with Gasteiger partial charge in [0.1, 0.15) is 12.6 Å². The van der Waals surface area contributed by atoms with Gasteiger partial charge in [0.2, 0.25) is 11.8 Å². The summed E-state index contributed by atoms with van der Waals surface area (Å²) < 4.78 is 29.7. The van der Waals surface area contributed by atoms with Gasteiger partial charge in [0.15, 0.2) is 0 Å². The number of nitrogens with zero attached hydrogens (tertiary/aromatic N) is 2. The maximum Gasteiger partial charge on any atom is 0.264 e. The van der Waals surface area contributed by atoms with Crippen LogP contribution in [0.5, 0.6) is 0 Å². The van der Waals surface area contributed by atoms with Gasteiger partial charge in [-0.2, -0.15) is 0 Å². The molecule has 1 unspecified atom stereocenters. The predicted molar refractivity (Wildman–Crippen MR) is 186 cm³/mol. The summed E-state index contributed by atoms with van der Waals surface area (Å²) in [4.78, 5) is 29.9. The molecule has 1 N–H and O–H groups in total. The second-order valence-electron chi connectivity index (χ2n) is 11.4. The van der Waals surface area contributed by atoms with E-state index in [0.29, 0.717) is 39.8 Å². The number of benzene rings is 4. The van der Waals surface area contributed by atoms with Gasteiger partial charge in [-0.05, 0) is 79.8 Å². The van der Waals surface area contributed by atoms with E-state index in [-0.39, 0.29) is 23.8 Å². The van der Waals surface area contributed by atoms with Gasteiger partial charge in [0.05, 0.1) is 20.6 Å². The van der Waals surface area contributed by atoms with Crippen LogP contribution < -0.4 is 9.62 Å². The molecule has 1 atom stereocenters. The summed E-state index contributed by atoms with van der Waals surface area (Å²) in [5.41, 5.74) is 4.31. The lowest BCUT2D eigenvalue weighted by molar-refractivity contribution is -0.140. The van der Waals surface area contributed by atoms with Crippen molar-refractivity contribution in [2.24, 2.45) is 0 Å². The molecule has 10 heteroatoms. The Kier molecular flexibility index (Phi) is 11.9. The number of amides is 2. The van der Waals surface area contributed by atoms with Crippen LogP contribution in [0.2, 0.25) is 10.0 Å². The summed E-state index contributed by atoms with van der Waals surface area (Å²) in [7, 11) is -4.20. The van der Waals surface area contributed by atoms with Crippen LogP contribution in [-0.4, -0.2) is 44.3 Å². The van der Waals surface area contributed by atoms with Crippen molar-refractivity contribution in [2.45, 2.75) is 58.0 Å². The molecule has 46 heavy (non-hydrogen) atoms. The van der Waals surface area contributed by atoms with Gasteiger partial charge in [-0.15, -0.1) is 0 Å². The number of carbonyl (C=O) groups is 2. The topological polar surface area (TPSA) is 86.8 Å². The Labute approximate surface area is 282 Å². The van der Waals surface area contributed by atoms with Gasteiger partial charge in [0, 0.05) is 19.5 Å². The highest BCUT2D eigenvalue weighted by molar-refractivity contribution is 7.92. The molecule has 0 radical (unpaired) electrons. The van der Waals surface area contributed by atoms with Crippen LogP contribution in [0.15, 0.2) is 95.9 Å². The Bertz CT molecular complexity index is 1780. The summed E-state index contributed by atoms with van der Waals surface area (Å²) in [5, 5.41) is 3.61. The highest BCUT2D eigenvalue weighted by Gasteiger charge is 2.35. The summed E-state index contributed by atoms with van der Waals surface area (Å²) >= 11 is 12.5. The number of carbonyl (C=O) groups excluding carboxylic acids is 2. The van der Waals surface area contributed by atoms with E-state index in [4.69, 9.17) is 23.2 Å². The summed E-state index contributed by atoms with van der Waals surface area (Å²) in [5.74, 6) is -0.881. The fraction of sp³-hybridized carbons (Fsp3) is 0.278. The number of halogens is 2. The third kappa shape index (κ3) is 8.69. The van der Waals surface area contributed by atoms with Crippen LogP contribution in [0.1, 0.15) is 41.2 Å². The number of hydrogen-bond donors (Lipinski definition) is 1. The van der Waals surface area contributed by atoms with Crippen molar-refractivity contribution in [3.05, 3.63) is 129 Å². The van der Waals surface area contributed by atoms with Crippen molar-refractivity contribution in [1.82, 2.24) is 10.2 Å². The molecular formula is C36H39Cl2N3O4S. The Morgan fingerprint density at radius 2 is 1.48 bits per heavy atom. The summed E-state index contributed by atoms with van der Waals surface area (Å²) in [6.45, 7) is 7.39. The standard InChI is InChI=1S/C36H39Cl2N3O4S/c1-5-19-39-36(43)34(22-28-9-7-6-8-10-28)40(23-29-15-18-31(37)32(38)21-29)35(42)24-41(33-20-26(3)11-14-27(33)4)46(44,45)30-16-12-25(2)13-17-30/h6-18,20-21,34H,5,19,22-24H2,1-4H3,(H,39,43). The van der Waals surface area contributed by atoms with Crippen molar-refractivity contribution in [3.63, 3.8) is 0 Å². The second kappa shape index (κ2) is 15.6. The number of rotatable bonds is 13. The smallest absolute Gasteiger partial charge is 0.264 e. The van der Waals surface area contributed by atoms with Crippen LogP contribution in [0.4, 0.5) is 5.69 Å². The molecule has 0 bridgehead atoms. The number of anilines is 1. The Morgan fingerprint density at radius 1 is 0.804 bits per heavy atom. The van der Waals surface area contributed by atoms with E-state index in [1.165, 1.54) is 17.0 Å². The lowest BCUT2D eigenvalue weighted by Crippen LogP contribution is -2.53. The molecule has 4 rings (SSSR count). The van der Waals surface area contributed by atoms with Gasteiger partial charge in [-0.25, -0.2) is 8.42 Å². The molecule has 0 fully saturated rings. The van der Waals surface area contributed by atoms with Crippen molar-refractivity contribution < 1.29 is 18.0 Å². The maximum absolute atomic E-state index is 14.6. The Balaban J connectivity index is 1.84. The molecule has 0 aliphatic rings. The average Bonchev–Trinajstić information content (AvgIpc) is 3.03. The minimum atomic E-state index is -4.20. The van der Waals surface area contributed by atoms with Crippen LogP contribution in [0.3, 0.4) is 0 Å². The predicted octanol–water partition coefficient (Wildman–Crippen LogP) is 7.28. The van der Waals surface area contributed by atoms with Gasteiger partial charge >= 0.3 is 0 Å². The molecule has 0 spiro atoms. The highest BCUT2D eigenvalue weighted by Crippen LogP contribution is 2.29. The zero-order valence-corrected chi connectivity index (χ0v) is 28.8. The number of sulfonamides is 1. The Morgan fingerprint density at radius 3 is 2.13 bits per heavy atom. The number of nitrogens with one attached hydrogen (secondary N) is 1. The largest absolute Gasteiger partial charge is 0.354 e. The van der Waals surface area contributed by atoms with Crippen molar-refractivity contribution in [1.29, 1.82) is 0 Å². The third-order valence-corrected chi connectivity index (χ3v) is 10.2. The normalized spacial score (nSPS) is 12.0. The number of hydrogen-bond acceptors (Lipinski definition) is 4. The van der Waals surface area contributed by atoms with E-state index in [1.807, 2.05) is 63.2 Å². The summed E-state index contributed by atoms with van der Waals surface area (Å²) in [6, 6.07) is 25.5. The molecule has 4 aromatic rings. The van der Waals surface area contributed by atoms with E-state index in [0.717, 1.165) is 21.0 Å². The molecule has 0 heterocycles. The van der Waals surface area contributed by atoms with Crippen LogP contribution >= 0.6 is 23.2 Å². The van der Waals surface area contributed by atoms with Crippen LogP contribution in [-0.2, 0) is 32.6 Å². The molecule has 4 aromatic carbocycles. The van der Waals surface area contributed by atoms with E-state index in [2.05, 4.69) is 5.32 Å². The quantitative estimate of drug-likeness (QED) is 0.161. The van der Waals surface area contributed by atoms with Crippen LogP contribution in [0.25, 0.3) is 0 Å². The molecule has 7 nitrogen and oxygen atoms in total. The van der Waals surface area contributed by atoms with Crippen molar-refractivity contribution in [3.8, 4) is 0 Å². The zero-order chi connectivity index (χ0) is 33.4. The van der Waals surface area contributed by atoms with E-state index in [1.54, 1.807) is 43.3 Å². The third-order valence-electron chi connectivity index (χ3n) is 7.68. The molecule has 2 amide bonds. The van der Waals surface area contributed by atoms with Crippen molar-refractivity contribution >= 4 is 50.7 Å². The molecule has 242 valence electrons. The minimum absolute atomic E-state index is 0.00200. The first-order valence-electron chi connectivity index (χ1n) is 15.1. The first kappa shape index (κ1) is 35.0. The van der Waals surface area contributed by atoms with E-state index in [9.17, 15) is 18.0 Å². The van der Waals surface area contributed by atoms with Crippen LogP contribution in [0, 0.1) is 20.8 Å². The first-order valence-corrected chi connectivity index (χ1v) is 17.3. The Hall–Kier alpha value is -3.85. The van der Waals surface area contributed by atoms with Gasteiger partial charge in [0.25, 0.3) is 10.0 Å². The average molecular weight is 681 g/mol. The highest BCUT2D eigenvalue weighted by atomic mass is 35.5.